The SMILES string of the molecule is CCOC(=O)c1oc2ccccc2c1CN1CCC(C(=O)Nc2cc(Cl)ccc2O)CC1. The molecule has 0 unspecified atom stereocenters. The Morgan fingerprint density at radius 1 is 1.22 bits per heavy atom. The van der Waals surface area contributed by atoms with Crippen LogP contribution in [0, 0.1) is 5.92 Å². The lowest BCUT2D eigenvalue weighted by molar-refractivity contribution is -0.121. The number of rotatable bonds is 6. The Morgan fingerprint density at radius 3 is 2.72 bits per heavy atom. The zero-order valence-corrected chi connectivity index (χ0v) is 18.5. The largest absolute Gasteiger partial charge is 0.506 e. The van der Waals surface area contributed by atoms with Crippen LogP contribution in [0.25, 0.3) is 11.0 Å². The highest BCUT2D eigenvalue weighted by Crippen LogP contribution is 2.31. The summed E-state index contributed by atoms with van der Waals surface area (Å²) >= 11 is 5.96. The zero-order chi connectivity index (χ0) is 22.7. The van der Waals surface area contributed by atoms with E-state index in [0.717, 1.165) is 10.9 Å². The normalized spacial score (nSPS) is 15.1. The quantitative estimate of drug-likeness (QED) is 0.408. The molecule has 3 aromatic rings. The van der Waals surface area contributed by atoms with Crippen LogP contribution in [0.4, 0.5) is 5.69 Å². The van der Waals surface area contributed by atoms with Crippen molar-refractivity contribution in [2.24, 2.45) is 5.92 Å². The van der Waals surface area contributed by atoms with Gasteiger partial charge in [-0.1, -0.05) is 29.8 Å². The molecule has 0 atom stereocenters. The van der Waals surface area contributed by atoms with Gasteiger partial charge in [-0.2, -0.15) is 0 Å². The number of furan rings is 1. The molecule has 0 aliphatic carbocycles. The molecule has 168 valence electrons. The van der Waals surface area contributed by atoms with Gasteiger partial charge < -0.3 is 19.6 Å². The van der Waals surface area contributed by atoms with Gasteiger partial charge in [0.2, 0.25) is 11.7 Å². The number of likely N-dealkylation sites (tertiary alicyclic amines) is 1. The fraction of sp³-hybridized carbons (Fsp3) is 0.333. The van der Waals surface area contributed by atoms with Crippen LogP contribution in [0.5, 0.6) is 5.75 Å². The number of hydrogen-bond donors (Lipinski definition) is 2. The van der Waals surface area contributed by atoms with Crippen molar-refractivity contribution in [3.8, 4) is 5.75 Å². The highest BCUT2D eigenvalue weighted by Gasteiger charge is 2.28. The summed E-state index contributed by atoms with van der Waals surface area (Å²) in [4.78, 5) is 27.3. The number of fused-ring (bicyclic) bond motifs is 1. The number of phenolic OH excluding ortho intramolecular Hbond substituents is 1. The van der Waals surface area contributed by atoms with E-state index in [9.17, 15) is 14.7 Å². The number of carbonyl (C=O) groups is 2. The summed E-state index contributed by atoms with van der Waals surface area (Å²) in [5, 5.41) is 14.0. The third-order valence-corrected chi connectivity index (χ3v) is 5.95. The molecule has 0 bridgehead atoms. The molecule has 1 aromatic heterocycles. The Morgan fingerprint density at radius 2 is 1.97 bits per heavy atom. The Hall–Kier alpha value is -3.03. The smallest absolute Gasteiger partial charge is 0.374 e. The topological polar surface area (TPSA) is 92.0 Å². The second-order valence-electron chi connectivity index (χ2n) is 7.83. The molecule has 8 heteroatoms. The summed E-state index contributed by atoms with van der Waals surface area (Å²) in [6.07, 6.45) is 1.33. The van der Waals surface area contributed by atoms with Crippen LogP contribution in [0.15, 0.2) is 46.9 Å². The number of esters is 1. The number of para-hydroxylation sites is 1. The zero-order valence-electron chi connectivity index (χ0n) is 17.8. The van der Waals surface area contributed by atoms with Crippen molar-refractivity contribution in [3.05, 3.63) is 58.8 Å². The van der Waals surface area contributed by atoms with Gasteiger partial charge in [0.25, 0.3) is 0 Å². The maximum Gasteiger partial charge on any atom is 0.374 e. The van der Waals surface area contributed by atoms with Crippen molar-refractivity contribution in [1.82, 2.24) is 4.90 Å². The number of hydrogen-bond acceptors (Lipinski definition) is 6. The van der Waals surface area contributed by atoms with Crippen LogP contribution in [0.1, 0.15) is 35.9 Å². The van der Waals surface area contributed by atoms with Gasteiger partial charge in [-0.3, -0.25) is 9.69 Å². The summed E-state index contributed by atoms with van der Waals surface area (Å²) in [6.45, 7) is 3.97. The predicted octanol–water partition coefficient (Wildman–Crippen LogP) is 4.82. The first kappa shape index (κ1) is 22.2. The maximum absolute atomic E-state index is 12.7. The highest BCUT2D eigenvalue weighted by molar-refractivity contribution is 6.31. The van der Waals surface area contributed by atoms with Gasteiger partial charge in [-0.05, 0) is 57.1 Å². The van der Waals surface area contributed by atoms with E-state index in [1.807, 2.05) is 24.3 Å². The summed E-state index contributed by atoms with van der Waals surface area (Å²) in [5.74, 6) is -0.546. The number of ether oxygens (including phenoxy) is 1. The number of nitrogens with one attached hydrogen (secondary N) is 1. The van der Waals surface area contributed by atoms with Gasteiger partial charge in [0.15, 0.2) is 0 Å². The molecule has 32 heavy (non-hydrogen) atoms. The minimum absolute atomic E-state index is 0.0153. The molecule has 0 spiro atoms. The Kier molecular flexibility index (Phi) is 6.67. The van der Waals surface area contributed by atoms with Crippen molar-refractivity contribution in [3.63, 3.8) is 0 Å². The van der Waals surface area contributed by atoms with Gasteiger partial charge in [0.1, 0.15) is 11.3 Å². The van der Waals surface area contributed by atoms with Crippen molar-refractivity contribution in [2.75, 3.05) is 25.0 Å². The van der Waals surface area contributed by atoms with Crippen molar-refractivity contribution < 1.29 is 23.8 Å². The number of aromatic hydroxyl groups is 1. The second-order valence-corrected chi connectivity index (χ2v) is 8.26. The van der Waals surface area contributed by atoms with E-state index in [0.29, 0.717) is 48.8 Å². The monoisotopic (exact) mass is 456 g/mol. The van der Waals surface area contributed by atoms with Gasteiger partial charge in [0, 0.05) is 28.4 Å². The molecule has 0 saturated carbocycles. The van der Waals surface area contributed by atoms with Gasteiger partial charge in [-0.15, -0.1) is 0 Å². The first-order valence-corrected chi connectivity index (χ1v) is 11.0. The highest BCUT2D eigenvalue weighted by atomic mass is 35.5. The molecule has 4 rings (SSSR count). The third-order valence-electron chi connectivity index (χ3n) is 5.72. The molecule has 1 amide bonds. The van der Waals surface area contributed by atoms with Gasteiger partial charge in [-0.25, -0.2) is 4.79 Å². The average molecular weight is 457 g/mol. The summed E-state index contributed by atoms with van der Waals surface area (Å²) < 4.78 is 11.0. The Labute approximate surface area is 190 Å². The summed E-state index contributed by atoms with van der Waals surface area (Å²) in [5.41, 5.74) is 1.78. The Bertz CT molecular complexity index is 1130. The second kappa shape index (κ2) is 9.63. The predicted molar refractivity (Wildman–Crippen MR) is 122 cm³/mol. The number of piperidine rings is 1. The minimum atomic E-state index is -0.464. The first-order valence-electron chi connectivity index (χ1n) is 10.7. The molecular weight excluding hydrogens is 432 g/mol. The molecule has 1 saturated heterocycles. The molecule has 7 nitrogen and oxygen atoms in total. The van der Waals surface area contributed by atoms with Gasteiger partial charge in [0.05, 0.1) is 12.3 Å². The maximum atomic E-state index is 12.7. The van der Waals surface area contributed by atoms with Crippen molar-refractivity contribution >= 4 is 40.1 Å². The van der Waals surface area contributed by atoms with Crippen molar-refractivity contribution in [2.45, 2.75) is 26.3 Å². The van der Waals surface area contributed by atoms with Crippen LogP contribution in [-0.2, 0) is 16.1 Å². The average Bonchev–Trinajstić information content (AvgIpc) is 3.15. The van der Waals surface area contributed by atoms with Crippen LogP contribution >= 0.6 is 11.6 Å². The summed E-state index contributed by atoms with van der Waals surface area (Å²) in [6, 6.07) is 12.1. The number of nitrogens with zero attached hydrogens (tertiary/aromatic N) is 1. The van der Waals surface area contributed by atoms with Crippen LogP contribution < -0.4 is 5.32 Å². The number of halogens is 1. The van der Waals surface area contributed by atoms with E-state index in [-0.39, 0.29) is 29.9 Å². The van der Waals surface area contributed by atoms with E-state index in [2.05, 4.69) is 10.2 Å². The molecule has 1 fully saturated rings. The lowest BCUT2D eigenvalue weighted by Crippen LogP contribution is -2.38. The third kappa shape index (κ3) is 4.74. The molecule has 2 aromatic carbocycles. The molecule has 1 aliphatic heterocycles. The number of anilines is 1. The van der Waals surface area contributed by atoms with Crippen molar-refractivity contribution in [1.29, 1.82) is 0 Å². The number of phenols is 1. The van der Waals surface area contributed by atoms with Crippen LogP contribution in [0.3, 0.4) is 0 Å². The molecule has 0 radical (unpaired) electrons. The standard InChI is InChI=1S/C24H25ClN2O5/c1-2-31-24(30)22-18(17-5-3-4-6-21(17)32-22)14-27-11-9-15(10-12-27)23(29)26-19-13-16(25)7-8-20(19)28/h3-8,13,15,28H,2,9-12,14H2,1H3,(H,26,29). The lowest BCUT2D eigenvalue weighted by atomic mass is 9.95. The number of carbonyl (C=O) groups excluding carboxylic acids is 2. The molecule has 2 N–H and O–H groups in total. The lowest BCUT2D eigenvalue weighted by Gasteiger charge is -2.31. The first-order chi connectivity index (χ1) is 15.5. The van der Waals surface area contributed by atoms with E-state index in [4.69, 9.17) is 20.8 Å². The van der Waals surface area contributed by atoms with Crippen LogP contribution in [-0.4, -0.2) is 41.6 Å². The number of benzene rings is 2. The van der Waals surface area contributed by atoms with E-state index < -0.39 is 5.97 Å². The Balaban J connectivity index is 1.42. The molecule has 2 heterocycles. The van der Waals surface area contributed by atoms with Gasteiger partial charge >= 0.3 is 5.97 Å². The molecular formula is C24H25ClN2O5. The summed E-state index contributed by atoms with van der Waals surface area (Å²) in [7, 11) is 0. The minimum Gasteiger partial charge on any atom is -0.506 e. The fourth-order valence-electron chi connectivity index (χ4n) is 4.04. The fourth-order valence-corrected chi connectivity index (χ4v) is 4.21. The van der Waals surface area contributed by atoms with E-state index in [1.54, 1.807) is 13.0 Å². The number of amides is 1. The molecule has 1 aliphatic rings. The van der Waals surface area contributed by atoms with Crippen LogP contribution in [0.2, 0.25) is 5.02 Å². The van der Waals surface area contributed by atoms with E-state index in [1.165, 1.54) is 12.1 Å². The van der Waals surface area contributed by atoms with E-state index >= 15 is 0 Å².